The lowest BCUT2D eigenvalue weighted by atomic mass is 10.1. The second-order valence-electron chi connectivity index (χ2n) is 5.20. The largest absolute Gasteiger partial charge is 0.490 e. The van der Waals surface area contributed by atoms with Gasteiger partial charge in [-0.05, 0) is 18.8 Å². The lowest BCUT2D eigenvalue weighted by Crippen LogP contribution is -2.22. The number of hydrogen-bond acceptors (Lipinski definition) is 6. The number of aromatic nitrogens is 2. The first-order valence-corrected chi connectivity index (χ1v) is 7.13. The number of anilines is 2. The van der Waals surface area contributed by atoms with Crippen molar-refractivity contribution in [2.24, 2.45) is 5.92 Å². The van der Waals surface area contributed by atoms with Crippen LogP contribution in [-0.2, 0) is 0 Å². The zero-order chi connectivity index (χ0) is 15.0. The maximum absolute atomic E-state index is 9.89. The SMILES string of the molecule is CCCNc1ncnc(NCC(O)CC(C)C)c1OC. The second-order valence-corrected chi connectivity index (χ2v) is 5.20. The van der Waals surface area contributed by atoms with E-state index in [2.05, 4.69) is 41.4 Å². The Bertz CT molecular complexity index is 399. The third kappa shape index (κ3) is 5.21. The van der Waals surface area contributed by atoms with Crippen LogP contribution in [0.25, 0.3) is 0 Å². The highest BCUT2D eigenvalue weighted by molar-refractivity contribution is 5.63. The summed E-state index contributed by atoms with van der Waals surface area (Å²) in [6, 6.07) is 0. The highest BCUT2D eigenvalue weighted by Gasteiger charge is 2.13. The molecule has 6 heteroatoms. The Morgan fingerprint density at radius 1 is 1.25 bits per heavy atom. The molecule has 6 nitrogen and oxygen atoms in total. The Kier molecular flexibility index (Phi) is 7.08. The van der Waals surface area contributed by atoms with Crippen LogP contribution < -0.4 is 15.4 Å². The van der Waals surface area contributed by atoms with Crippen LogP contribution in [0.2, 0.25) is 0 Å². The van der Waals surface area contributed by atoms with Crippen LogP contribution in [0.15, 0.2) is 6.33 Å². The zero-order valence-corrected chi connectivity index (χ0v) is 12.8. The highest BCUT2D eigenvalue weighted by atomic mass is 16.5. The molecule has 0 radical (unpaired) electrons. The monoisotopic (exact) mass is 282 g/mol. The van der Waals surface area contributed by atoms with Crippen LogP contribution in [0.4, 0.5) is 11.6 Å². The molecule has 20 heavy (non-hydrogen) atoms. The fourth-order valence-corrected chi connectivity index (χ4v) is 1.90. The van der Waals surface area contributed by atoms with E-state index >= 15 is 0 Å². The van der Waals surface area contributed by atoms with Gasteiger partial charge in [0, 0.05) is 13.1 Å². The van der Waals surface area contributed by atoms with E-state index in [1.807, 2.05) is 0 Å². The molecule has 1 unspecified atom stereocenters. The fraction of sp³-hybridized carbons (Fsp3) is 0.714. The molecule has 114 valence electrons. The Balaban J connectivity index is 2.69. The molecular formula is C14H26N4O2. The van der Waals surface area contributed by atoms with Gasteiger partial charge in [-0.1, -0.05) is 20.8 Å². The number of aliphatic hydroxyl groups is 1. The van der Waals surface area contributed by atoms with Crippen LogP contribution in [0, 0.1) is 5.92 Å². The van der Waals surface area contributed by atoms with Gasteiger partial charge in [0.05, 0.1) is 13.2 Å². The molecule has 0 spiro atoms. The molecule has 0 bridgehead atoms. The molecule has 0 fully saturated rings. The van der Waals surface area contributed by atoms with Crippen molar-refractivity contribution < 1.29 is 9.84 Å². The van der Waals surface area contributed by atoms with E-state index in [1.54, 1.807) is 7.11 Å². The topological polar surface area (TPSA) is 79.3 Å². The van der Waals surface area contributed by atoms with Gasteiger partial charge in [0.25, 0.3) is 0 Å². The van der Waals surface area contributed by atoms with E-state index in [0.717, 1.165) is 19.4 Å². The summed E-state index contributed by atoms with van der Waals surface area (Å²) < 4.78 is 5.36. The summed E-state index contributed by atoms with van der Waals surface area (Å²) in [6.07, 6.45) is 2.84. The van der Waals surface area contributed by atoms with Gasteiger partial charge in [-0.3, -0.25) is 0 Å². The van der Waals surface area contributed by atoms with Gasteiger partial charge in [0.2, 0.25) is 5.75 Å². The number of aliphatic hydroxyl groups excluding tert-OH is 1. The Labute approximate surface area is 121 Å². The van der Waals surface area contributed by atoms with E-state index in [0.29, 0.717) is 29.8 Å². The summed E-state index contributed by atoms with van der Waals surface area (Å²) in [7, 11) is 1.59. The lowest BCUT2D eigenvalue weighted by molar-refractivity contribution is 0.161. The molecule has 1 aromatic rings. The standard InChI is InChI=1S/C14H26N4O2/c1-5-6-15-13-12(20-4)14(18-9-17-13)16-8-11(19)7-10(2)3/h9-11,19H,5-8H2,1-4H3,(H2,15,16,17,18). The summed E-state index contributed by atoms with van der Waals surface area (Å²) >= 11 is 0. The average molecular weight is 282 g/mol. The van der Waals surface area contributed by atoms with Crippen LogP contribution in [0.5, 0.6) is 5.75 Å². The highest BCUT2D eigenvalue weighted by Crippen LogP contribution is 2.28. The van der Waals surface area contributed by atoms with Crippen molar-refractivity contribution >= 4 is 11.6 Å². The van der Waals surface area contributed by atoms with Crippen molar-refractivity contribution in [3.05, 3.63) is 6.33 Å². The summed E-state index contributed by atoms with van der Waals surface area (Å²) in [4.78, 5) is 8.34. The van der Waals surface area contributed by atoms with Crippen molar-refractivity contribution in [2.75, 3.05) is 30.8 Å². The Hall–Kier alpha value is -1.56. The smallest absolute Gasteiger partial charge is 0.204 e. The predicted octanol–water partition coefficient (Wildman–Crippen LogP) is 2.13. The van der Waals surface area contributed by atoms with E-state index in [-0.39, 0.29) is 0 Å². The first-order valence-electron chi connectivity index (χ1n) is 7.13. The van der Waals surface area contributed by atoms with E-state index in [4.69, 9.17) is 4.74 Å². The molecule has 0 saturated heterocycles. The molecule has 1 atom stereocenters. The van der Waals surface area contributed by atoms with Gasteiger partial charge in [-0.25, -0.2) is 9.97 Å². The van der Waals surface area contributed by atoms with Gasteiger partial charge >= 0.3 is 0 Å². The molecule has 0 aromatic carbocycles. The minimum absolute atomic E-state index is 0.401. The van der Waals surface area contributed by atoms with Crippen LogP contribution >= 0.6 is 0 Å². The van der Waals surface area contributed by atoms with Gasteiger partial charge in [0.15, 0.2) is 11.6 Å². The van der Waals surface area contributed by atoms with Crippen molar-refractivity contribution in [2.45, 2.75) is 39.7 Å². The number of hydrogen-bond donors (Lipinski definition) is 3. The summed E-state index contributed by atoms with van der Waals surface area (Å²) in [5.74, 6) is 2.31. The first-order chi connectivity index (χ1) is 9.58. The van der Waals surface area contributed by atoms with Crippen molar-refractivity contribution in [3.8, 4) is 5.75 Å². The number of ether oxygens (including phenoxy) is 1. The zero-order valence-electron chi connectivity index (χ0n) is 12.8. The number of rotatable bonds is 9. The summed E-state index contributed by atoms with van der Waals surface area (Å²) in [5, 5.41) is 16.2. The van der Waals surface area contributed by atoms with E-state index in [9.17, 15) is 5.11 Å². The van der Waals surface area contributed by atoms with Gasteiger partial charge < -0.3 is 20.5 Å². The second kappa shape index (κ2) is 8.58. The maximum Gasteiger partial charge on any atom is 0.204 e. The van der Waals surface area contributed by atoms with Gasteiger partial charge in [0.1, 0.15) is 6.33 Å². The minimum atomic E-state index is -0.401. The third-order valence-corrected chi connectivity index (χ3v) is 2.80. The summed E-state index contributed by atoms with van der Waals surface area (Å²) in [5.41, 5.74) is 0. The fourth-order valence-electron chi connectivity index (χ4n) is 1.90. The van der Waals surface area contributed by atoms with E-state index in [1.165, 1.54) is 6.33 Å². The van der Waals surface area contributed by atoms with Crippen molar-refractivity contribution in [1.29, 1.82) is 0 Å². The Morgan fingerprint density at radius 3 is 2.45 bits per heavy atom. The molecular weight excluding hydrogens is 256 g/mol. The first kappa shape index (κ1) is 16.5. The molecule has 0 aliphatic rings. The molecule has 1 rings (SSSR count). The van der Waals surface area contributed by atoms with Crippen LogP contribution in [-0.4, -0.2) is 41.4 Å². The van der Waals surface area contributed by atoms with Gasteiger partial charge in [-0.2, -0.15) is 0 Å². The predicted molar refractivity (Wildman–Crippen MR) is 81.3 cm³/mol. The van der Waals surface area contributed by atoms with Gasteiger partial charge in [-0.15, -0.1) is 0 Å². The molecule has 0 aliphatic carbocycles. The molecule has 0 aliphatic heterocycles. The quantitative estimate of drug-likeness (QED) is 0.644. The molecule has 1 aromatic heterocycles. The number of methoxy groups -OCH3 is 1. The molecule has 0 amide bonds. The normalized spacial score (nSPS) is 12.3. The molecule has 3 N–H and O–H groups in total. The van der Waals surface area contributed by atoms with E-state index < -0.39 is 6.10 Å². The average Bonchev–Trinajstić information content (AvgIpc) is 2.41. The van der Waals surface area contributed by atoms with Crippen LogP contribution in [0.1, 0.15) is 33.6 Å². The number of nitrogens with zero attached hydrogens (tertiary/aromatic N) is 2. The van der Waals surface area contributed by atoms with Crippen molar-refractivity contribution in [1.82, 2.24) is 9.97 Å². The maximum atomic E-state index is 9.89. The summed E-state index contributed by atoms with van der Waals surface area (Å²) in [6.45, 7) is 7.52. The minimum Gasteiger partial charge on any atom is -0.490 e. The third-order valence-electron chi connectivity index (χ3n) is 2.80. The molecule has 0 saturated carbocycles. The molecule has 1 heterocycles. The van der Waals surface area contributed by atoms with Crippen LogP contribution in [0.3, 0.4) is 0 Å². The van der Waals surface area contributed by atoms with Crippen molar-refractivity contribution in [3.63, 3.8) is 0 Å². The lowest BCUT2D eigenvalue weighted by Gasteiger charge is -2.17. The Morgan fingerprint density at radius 2 is 1.90 bits per heavy atom. The number of nitrogens with one attached hydrogen (secondary N) is 2.